The zero-order valence-corrected chi connectivity index (χ0v) is 23.1. The maximum absolute atomic E-state index is 12.7. The smallest absolute Gasteiger partial charge is 0.408 e. The van der Waals surface area contributed by atoms with E-state index in [0.29, 0.717) is 12.8 Å². The number of amides is 3. The van der Waals surface area contributed by atoms with Crippen molar-refractivity contribution in [1.82, 2.24) is 16.0 Å². The molecule has 1 saturated carbocycles. The number of rotatable bonds is 13. The quantitative estimate of drug-likeness (QED) is 0.188. The van der Waals surface area contributed by atoms with Gasteiger partial charge in [0.1, 0.15) is 23.6 Å². The number of hydrogen-bond acceptors (Lipinski definition) is 8. The lowest BCUT2D eigenvalue weighted by Gasteiger charge is -2.37. The first kappa shape index (κ1) is 30.4. The summed E-state index contributed by atoms with van der Waals surface area (Å²) in [4.78, 5) is 62.0. The van der Waals surface area contributed by atoms with E-state index in [1.54, 1.807) is 20.8 Å². The van der Waals surface area contributed by atoms with E-state index in [9.17, 15) is 24.0 Å². The third kappa shape index (κ3) is 9.19. The largest absolute Gasteiger partial charge is 0.464 e. The molecule has 0 aromatic carbocycles. The molecule has 210 valence electrons. The molecular formula is C26H43N3O8. The molecule has 7 unspecified atom stereocenters. The van der Waals surface area contributed by atoms with Crippen LogP contribution in [0, 0.1) is 17.8 Å². The molecule has 11 nitrogen and oxygen atoms in total. The molecule has 0 bridgehead atoms. The topological polar surface area (TPSA) is 149 Å². The van der Waals surface area contributed by atoms with Crippen molar-refractivity contribution in [3.05, 3.63) is 0 Å². The Morgan fingerprint density at radius 2 is 1.78 bits per heavy atom. The molecule has 2 aliphatic rings. The van der Waals surface area contributed by atoms with Crippen molar-refractivity contribution in [2.24, 2.45) is 17.8 Å². The molecule has 7 atom stereocenters. The summed E-state index contributed by atoms with van der Waals surface area (Å²) in [6.45, 7) is 12.7. The number of esters is 2. The first-order valence-electron chi connectivity index (χ1n) is 13.2. The molecular weight excluding hydrogens is 482 g/mol. The molecule has 2 fully saturated rings. The highest BCUT2D eigenvalue weighted by atomic mass is 16.6. The molecule has 1 aliphatic carbocycles. The van der Waals surface area contributed by atoms with Gasteiger partial charge in [0, 0.05) is 6.04 Å². The van der Waals surface area contributed by atoms with E-state index in [1.807, 2.05) is 20.8 Å². The fourth-order valence-electron chi connectivity index (χ4n) is 4.06. The van der Waals surface area contributed by atoms with Crippen LogP contribution in [0.5, 0.6) is 0 Å². The number of cyclic esters (lactones) is 1. The lowest BCUT2D eigenvalue weighted by Crippen LogP contribution is -2.56. The maximum Gasteiger partial charge on any atom is 0.408 e. The molecule has 0 aromatic rings. The van der Waals surface area contributed by atoms with Gasteiger partial charge in [-0.05, 0) is 58.8 Å². The second-order valence-electron chi connectivity index (χ2n) is 11.1. The monoisotopic (exact) mass is 525 g/mol. The summed E-state index contributed by atoms with van der Waals surface area (Å²) in [5.74, 6) is -2.26. The SMILES string of the molecule is CCCCOC(=O)C(CC1CC1NC(=O)C1OC(=O)C1C(C)CC)NC(=O)C(C)NC(=O)OC(C)(C)C. The Morgan fingerprint density at radius 3 is 2.35 bits per heavy atom. The van der Waals surface area contributed by atoms with E-state index in [0.717, 1.165) is 12.8 Å². The third-order valence-corrected chi connectivity index (χ3v) is 6.62. The van der Waals surface area contributed by atoms with Crippen molar-refractivity contribution in [2.75, 3.05) is 6.61 Å². The van der Waals surface area contributed by atoms with Crippen LogP contribution >= 0.6 is 0 Å². The highest BCUT2D eigenvalue weighted by molar-refractivity contribution is 5.94. The molecule has 0 aromatic heterocycles. The molecule has 1 heterocycles. The molecule has 1 saturated heterocycles. The molecule has 37 heavy (non-hydrogen) atoms. The molecule has 3 N–H and O–H groups in total. The fraction of sp³-hybridized carbons (Fsp3) is 0.808. The van der Waals surface area contributed by atoms with Gasteiger partial charge in [-0.1, -0.05) is 33.6 Å². The fourth-order valence-corrected chi connectivity index (χ4v) is 4.06. The van der Waals surface area contributed by atoms with Gasteiger partial charge < -0.3 is 30.2 Å². The minimum absolute atomic E-state index is 0.0424. The Morgan fingerprint density at radius 1 is 1.11 bits per heavy atom. The number of nitrogens with one attached hydrogen (secondary N) is 3. The van der Waals surface area contributed by atoms with E-state index < -0.39 is 47.7 Å². The van der Waals surface area contributed by atoms with E-state index in [1.165, 1.54) is 6.92 Å². The zero-order chi connectivity index (χ0) is 27.9. The second-order valence-corrected chi connectivity index (χ2v) is 11.1. The number of carbonyl (C=O) groups excluding carboxylic acids is 5. The highest BCUT2D eigenvalue weighted by Crippen LogP contribution is 2.37. The van der Waals surface area contributed by atoms with Gasteiger partial charge in [0.2, 0.25) is 5.91 Å². The van der Waals surface area contributed by atoms with Crippen LogP contribution in [0.15, 0.2) is 0 Å². The molecule has 1 aliphatic heterocycles. The predicted molar refractivity (Wildman–Crippen MR) is 134 cm³/mol. The number of carbonyl (C=O) groups is 5. The Balaban J connectivity index is 1.93. The number of alkyl carbamates (subject to hydrolysis) is 1. The van der Waals surface area contributed by atoms with E-state index >= 15 is 0 Å². The van der Waals surface area contributed by atoms with Gasteiger partial charge in [-0.2, -0.15) is 0 Å². The average molecular weight is 526 g/mol. The summed E-state index contributed by atoms with van der Waals surface area (Å²) in [5, 5.41) is 8.03. The molecule has 11 heteroatoms. The minimum atomic E-state index is -0.943. The van der Waals surface area contributed by atoms with Crippen LogP contribution in [0.4, 0.5) is 4.79 Å². The molecule has 0 radical (unpaired) electrons. The van der Waals surface area contributed by atoms with Crippen molar-refractivity contribution in [3.63, 3.8) is 0 Å². The molecule has 0 spiro atoms. The van der Waals surface area contributed by atoms with Gasteiger partial charge in [0.15, 0.2) is 6.10 Å². The van der Waals surface area contributed by atoms with Crippen LogP contribution < -0.4 is 16.0 Å². The Labute approximate surface area is 219 Å². The number of ether oxygens (including phenoxy) is 3. The summed E-state index contributed by atoms with van der Waals surface area (Å²) in [6.07, 6.45) is 1.66. The predicted octanol–water partition coefficient (Wildman–Crippen LogP) is 2.21. The van der Waals surface area contributed by atoms with E-state index in [4.69, 9.17) is 14.2 Å². The Bertz CT molecular complexity index is 855. The average Bonchev–Trinajstić information content (AvgIpc) is 3.51. The van der Waals surface area contributed by atoms with E-state index in [2.05, 4.69) is 16.0 Å². The standard InChI is InChI=1S/C26H43N3O8/c1-8-10-11-35-23(32)18(29-21(30)15(4)27-25(34)37-26(5,6)7)13-16-12-17(16)28-22(31)20-19(14(3)9-2)24(33)36-20/h14-20H,8-13H2,1-7H3,(H,27,34)(H,28,31)(H,29,30). The van der Waals surface area contributed by atoms with Crippen molar-refractivity contribution in [3.8, 4) is 0 Å². The van der Waals surface area contributed by atoms with Crippen molar-refractivity contribution in [2.45, 2.75) is 110 Å². The molecule has 2 rings (SSSR count). The number of hydrogen-bond donors (Lipinski definition) is 3. The summed E-state index contributed by atoms with van der Waals surface area (Å²) >= 11 is 0. The summed E-state index contributed by atoms with van der Waals surface area (Å²) in [7, 11) is 0. The van der Waals surface area contributed by atoms with E-state index in [-0.39, 0.29) is 42.8 Å². The minimum Gasteiger partial charge on any atom is -0.464 e. The summed E-state index contributed by atoms with van der Waals surface area (Å²) in [6, 6.07) is -2.07. The lowest BCUT2D eigenvalue weighted by molar-refractivity contribution is -0.193. The summed E-state index contributed by atoms with van der Waals surface area (Å²) in [5.41, 5.74) is -0.719. The first-order valence-corrected chi connectivity index (χ1v) is 13.2. The van der Waals surface area contributed by atoms with Crippen LogP contribution in [0.3, 0.4) is 0 Å². The number of unbranched alkanes of at least 4 members (excludes halogenated alkanes) is 1. The zero-order valence-electron chi connectivity index (χ0n) is 23.1. The normalized spacial score (nSPS) is 24.9. The maximum atomic E-state index is 12.7. The van der Waals surface area contributed by atoms with Crippen LogP contribution in [-0.4, -0.2) is 66.3 Å². The van der Waals surface area contributed by atoms with Gasteiger partial charge in [-0.25, -0.2) is 9.59 Å². The van der Waals surface area contributed by atoms with Crippen molar-refractivity contribution >= 4 is 29.8 Å². The Hall–Kier alpha value is -2.85. The third-order valence-electron chi connectivity index (χ3n) is 6.62. The van der Waals surface area contributed by atoms with Gasteiger partial charge >= 0.3 is 18.0 Å². The van der Waals surface area contributed by atoms with Crippen LogP contribution in [-0.2, 0) is 33.4 Å². The lowest BCUT2D eigenvalue weighted by atomic mass is 9.83. The molecule has 3 amide bonds. The Kier molecular flexibility index (Phi) is 10.8. The highest BCUT2D eigenvalue weighted by Gasteiger charge is 2.51. The van der Waals surface area contributed by atoms with Crippen LogP contribution in [0.2, 0.25) is 0 Å². The van der Waals surface area contributed by atoms with Gasteiger partial charge in [-0.15, -0.1) is 0 Å². The van der Waals surface area contributed by atoms with Crippen LogP contribution in [0.1, 0.15) is 80.6 Å². The van der Waals surface area contributed by atoms with Gasteiger partial charge in [0.25, 0.3) is 5.91 Å². The summed E-state index contributed by atoms with van der Waals surface area (Å²) < 4.78 is 15.6. The first-order chi connectivity index (χ1) is 17.3. The van der Waals surface area contributed by atoms with Crippen molar-refractivity contribution in [1.29, 1.82) is 0 Å². The van der Waals surface area contributed by atoms with Gasteiger partial charge in [-0.3, -0.25) is 14.4 Å². The van der Waals surface area contributed by atoms with Crippen LogP contribution in [0.25, 0.3) is 0 Å². The van der Waals surface area contributed by atoms with Gasteiger partial charge in [0.05, 0.1) is 6.61 Å². The second kappa shape index (κ2) is 13.1. The van der Waals surface area contributed by atoms with Crippen molar-refractivity contribution < 1.29 is 38.2 Å².